The van der Waals surface area contributed by atoms with Gasteiger partial charge in [-0.15, -0.1) is 0 Å². The van der Waals surface area contributed by atoms with E-state index in [0.29, 0.717) is 5.92 Å². The molecule has 0 heterocycles. The van der Waals surface area contributed by atoms with E-state index in [-0.39, 0.29) is 6.61 Å². The van der Waals surface area contributed by atoms with Crippen molar-refractivity contribution in [1.29, 1.82) is 5.26 Å². The molecule has 0 N–H and O–H groups in total. The van der Waals surface area contributed by atoms with Crippen LogP contribution < -0.4 is 4.74 Å². The highest BCUT2D eigenvalue weighted by Crippen LogP contribution is 2.34. The molecular weight excluding hydrogens is 198 g/mol. The van der Waals surface area contributed by atoms with E-state index in [1.807, 2.05) is 18.2 Å². The molecule has 1 aromatic rings. The van der Waals surface area contributed by atoms with Crippen LogP contribution in [0.2, 0.25) is 0 Å². The third kappa shape index (κ3) is 2.04. The molecule has 0 spiro atoms. The summed E-state index contributed by atoms with van der Waals surface area (Å²) in [5, 5.41) is 8.55. The summed E-state index contributed by atoms with van der Waals surface area (Å²) in [6, 6.07) is 8.19. The Kier molecular flexibility index (Phi) is 3.14. The standard InChI is InChI=1S/C14H17NO/c1-10-8-12-4-3-5-14(16-7-6-15)13(12)9-11(10)2/h3-5,10-11H,7-9H2,1-2H3. The van der Waals surface area contributed by atoms with Gasteiger partial charge >= 0.3 is 0 Å². The molecule has 0 aliphatic heterocycles. The number of nitriles is 1. The van der Waals surface area contributed by atoms with E-state index in [1.165, 1.54) is 11.1 Å². The summed E-state index contributed by atoms with van der Waals surface area (Å²) in [6.07, 6.45) is 2.19. The fourth-order valence-corrected chi connectivity index (χ4v) is 2.35. The monoisotopic (exact) mass is 215 g/mol. The van der Waals surface area contributed by atoms with Crippen molar-refractivity contribution in [3.63, 3.8) is 0 Å². The van der Waals surface area contributed by atoms with Gasteiger partial charge in [-0.1, -0.05) is 26.0 Å². The van der Waals surface area contributed by atoms with Gasteiger partial charge in [-0.05, 0) is 41.9 Å². The first kappa shape index (κ1) is 11.0. The quantitative estimate of drug-likeness (QED) is 0.759. The zero-order chi connectivity index (χ0) is 11.5. The van der Waals surface area contributed by atoms with Crippen LogP contribution in [-0.2, 0) is 12.8 Å². The SMILES string of the molecule is CC1Cc2cccc(OCC#N)c2CC1C. The van der Waals surface area contributed by atoms with Gasteiger partial charge in [0.15, 0.2) is 6.61 Å². The van der Waals surface area contributed by atoms with Crippen LogP contribution in [0.1, 0.15) is 25.0 Å². The van der Waals surface area contributed by atoms with Crippen molar-refractivity contribution in [3.8, 4) is 11.8 Å². The maximum atomic E-state index is 8.55. The predicted molar refractivity (Wildman–Crippen MR) is 63.3 cm³/mol. The third-order valence-corrected chi connectivity index (χ3v) is 3.56. The van der Waals surface area contributed by atoms with Crippen LogP contribution in [0.5, 0.6) is 5.75 Å². The average molecular weight is 215 g/mol. The lowest BCUT2D eigenvalue weighted by Gasteiger charge is -2.29. The van der Waals surface area contributed by atoms with Crippen LogP contribution in [0.3, 0.4) is 0 Å². The second-order valence-corrected chi connectivity index (χ2v) is 4.70. The fourth-order valence-electron chi connectivity index (χ4n) is 2.35. The van der Waals surface area contributed by atoms with Gasteiger partial charge in [0, 0.05) is 0 Å². The summed E-state index contributed by atoms with van der Waals surface area (Å²) in [4.78, 5) is 0. The van der Waals surface area contributed by atoms with Gasteiger partial charge in [-0.2, -0.15) is 5.26 Å². The van der Waals surface area contributed by atoms with Crippen molar-refractivity contribution in [3.05, 3.63) is 29.3 Å². The lowest BCUT2D eigenvalue weighted by Crippen LogP contribution is -2.21. The number of nitrogens with zero attached hydrogens (tertiary/aromatic N) is 1. The lowest BCUT2D eigenvalue weighted by atomic mass is 9.77. The first-order chi connectivity index (χ1) is 7.72. The van der Waals surface area contributed by atoms with Crippen LogP contribution in [0.25, 0.3) is 0 Å². The van der Waals surface area contributed by atoms with E-state index in [0.717, 1.165) is 24.5 Å². The Morgan fingerprint density at radius 2 is 2.06 bits per heavy atom. The van der Waals surface area contributed by atoms with Gasteiger partial charge in [-0.25, -0.2) is 0 Å². The van der Waals surface area contributed by atoms with E-state index in [2.05, 4.69) is 19.9 Å². The number of fused-ring (bicyclic) bond motifs is 1. The number of ether oxygens (including phenoxy) is 1. The van der Waals surface area contributed by atoms with Gasteiger partial charge in [0.1, 0.15) is 11.8 Å². The van der Waals surface area contributed by atoms with Gasteiger partial charge < -0.3 is 4.74 Å². The van der Waals surface area contributed by atoms with E-state index < -0.39 is 0 Å². The molecule has 0 amide bonds. The number of benzene rings is 1. The molecule has 2 rings (SSSR count). The van der Waals surface area contributed by atoms with Crippen LogP contribution >= 0.6 is 0 Å². The summed E-state index contributed by atoms with van der Waals surface area (Å²) in [7, 11) is 0. The molecule has 2 nitrogen and oxygen atoms in total. The highest BCUT2D eigenvalue weighted by Gasteiger charge is 2.24. The second-order valence-electron chi connectivity index (χ2n) is 4.70. The van der Waals surface area contributed by atoms with E-state index in [9.17, 15) is 0 Å². The fraction of sp³-hybridized carbons (Fsp3) is 0.500. The Morgan fingerprint density at radius 3 is 2.81 bits per heavy atom. The molecule has 0 saturated carbocycles. The molecule has 2 heteroatoms. The van der Waals surface area contributed by atoms with Crippen LogP contribution in [0, 0.1) is 23.2 Å². The molecule has 0 bridgehead atoms. The van der Waals surface area contributed by atoms with Crippen LogP contribution in [0.4, 0.5) is 0 Å². The summed E-state index contributed by atoms with van der Waals surface area (Å²) >= 11 is 0. The molecule has 0 radical (unpaired) electrons. The first-order valence-electron chi connectivity index (χ1n) is 5.83. The van der Waals surface area contributed by atoms with Crippen molar-refractivity contribution in [1.82, 2.24) is 0 Å². The molecule has 2 unspecified atom stereocenters. The normalized spacial score (nSPS) is 23.3. The maximum Gasteiger partial charge on any atom is 0.174 e. The van der Waals surface area contributed by atoms with E-state index in [4.69, 9.17) is 10.00 Å². The smallest absolute Gasteiger partial charge is 0.174 e. The molecule has 1 aliphatic rings. The predicted octanol–water partition coefficient (Wildman–Crippen LogP) is 2.96. The number of hydrogen-bond donors (Lipinski definition) is 0. The van der Waals surface area contributed by atoms with Gasteiger partial charge in [0.05, 0.1) is 0 Å². The minimum Gasteiger partial charge on any atom is -0.478 e. The highest BCUT2D eigenvalue weighted by molar-refractivity contribution is 5.42. The molecule has 0 saturated heterocycles. The first-order valence-corrected chi connectivity index (χ1v) is 5.83. The second kappa shape index (κ2) is 4.57. The molecular formula is C14H17NO. The van der Waals surface area contributed by atoms with Gasteiger partial charge in [0.2, 0.25) is 0 Å². The zero-order valence-electron chi connectivity index (χ0n) is 9.86. The topological polar surface area (TPSA) is 33.0 Å². The molecule has 0 fully saturated rings. The molecule has 16 heavy (non-hydrogen) atoms. The largest absolute Gasteiger partial charge is 0.478 e. The Hall–Kier alpha value is -1.49. The molecule has 2 atom stereocenters. The van der Waals surface area contributed by atoms with Crippen molar-refractivity contribution < 1.29 is 4.74 Å². The van der Waals surface area contributed by atoms with Crippen LogP contribution in [-0.4, -0.2) is 6.61 Å². The Morgan fingerprint density at radius 1 is 1.31 bits per heavy atom. The highest BCUT2D eigenvalue weighted by atomic mass is 16.5. The molecule has 1 aliphatic carbocycles. The number of rotatable bonds is 2. The van der Waals surface area contributed by atoms with E-state index in [1.54, 1.807) is 0 Å². The zero-order valence-corrected chi connectivity index (χ0v) is 9.86. The molecule has 84 valence electrons. The summed E-state index contributed by atoms with van der Waals surface area (Å²) in [6.45, 7) is 4.73. The van der Waals surface area contributed by atoms with Gasteiger partial charge in [0.25, 0.3) is 0 Å². The van der Waals surface area contributed by atoms with E-state index >= 15 is 0 Å². The molecule has 1 aromatic carbocycles. The third-order valence-electron chi connectivity index (χ3n) is 3.56. The Labute approximate surface area is 96.9 Å². The van der Waals surface area contributed by atoms with Crippen molar-refractivity contribution in [2.45, 2.75) is 26.7 Å². The van der Waals surface area contributed by atoms with Crippen molar-refractivity contribution in [2.75, 3.05) is 6.61 Å². The summed E-state index contributed by atoms with van der Waals surface area (Å²) in [5.41, 5.74) is 2.70. The Bertz CT molecular complexity index is 419. The maximum absolute atomic E-state index is 8.55. The Balaban J connectivity index is 2.29. The summed E-state index contributed by atoms with van der Waals surface area (Å²) in [5.74, 6) is 2.33. The van der Waals surface area contributed by atoms with Crippen molar-refractivity contribution >= 4 is 0 Å². The number of hydrogen-bond acceptors (Lipinski definition) is 2. The minimum absolute atomic E-state index is 0.139. The molecule has 0 aromatic heterocycles. The summed E-state index contributed by atoms with van der Waals surface area (Å²) < 4.78 is 5.48. The minimum atomic E-state index is 0.139. The van der Waals surface area contributed by atoms with Crippen molar-refractivity contribution in [2.24, 2.45) is 11.8 Å². The van der Waals surface area contributed by atoms with Crippen LogP contribution in [0.15, 0.2) is 18.2 Å². The van der Waals surface area contributed by atoms with Gasteiger partial charge in [-0.3, -0.25) is 0 Å². The lowest BCUT2D eigenvalue weighted by molar-refractivity contribution is 0.331. The average Bonchev–Trinajstić information content (AvgIpc) is 2.28.